The van der Waals surface area contributed by atoms with Crippen molar-refractivity contribution in [2.75, 3.05) is 25.6 Å². The van der Waals surface area contributed by atoms with E-state index >= 15 is 0 Å². The van der Waals surface area contributed by atoms with E-state index in [-0.39, 0.29) is 34.2 Å². The average Bonchev–Trinajstić information content (AvgIpc) is 3.56. The fourth-order valence-corrected chi connectivity index (χ4v) is 7.57. The van der Waals surface area contributed by atoms with Gasteiger partial charge in [0.2, 0.25) is 5.95 Å². The molecule has 0 saturated heterocycles. The zero-order valence-electron chi connectivity index (χ0n) is 31.9. The normalized spacial score (nSPS) is 11.7. The van der Waals surface area contributed by atoms with Crippen molar-refractivity contribution in [2.45, 2.75) is 37.6 Å². The van der Waals surface area contributed by atoms with E-state index in [2.05, 4.69) is 36.3 Å². The Kier molecular flexibility index (Phi) is 15.7. The molecule has 4 heterocycles. The minimum atomic E-state index is -4.13. The molecule has 0 bridgehead atoms. The maximum Gasteiger partial charge on any atom is 0.350 e. The van der Waals surface area contributed by atoms with Crippen LogP contribution in [0.5, 0.6) is 17.5 Å². The Balaban J connectivity index is 0.000000176. The number of ether oxygens (including phenoxy) is 3. The van der Waals surface area contributed by atoms with Gasteiger partial charge in [0.1, 0.15) is 40.2 Å². The number of halogens is 4. The largest absolute Gasteiger partial charge is 0.480 e. The van der Waals surface area contributed by atoms with E-state index in [0.29, 0.717) is 50.1 Å². The zero-order chi connectivity index (χ0) is 44.3. The van der Waals surface area contributed by atoms with Crippen molar-refractivity contribution >= 4 is 85.3 Å². The topological polar surface area (TPSA) is 232 Å². The van der Waals surface area contributed by atoms with Crippen LogP contribution in [0, 0.1) is 19.3 Å². The second kappa shape index (κ2) is 20.9. The van der Waals surface area contributed by atoms with E-state index in [1.165, 1.54) is 36.1 Å². The molecule has 0 aliphatic carbocycles. The number of hydrogen-bond acceptors (Lipinski definition) is 13. The molecule has 7 rings (SSSR count). The molecule has 0 radical (unpaired) electrons. The molecule has 2 amide bonds. The van der Waals surface area contributed by atoms with Crippen LogP contribution in [0.3, 0.4) is 0 Å². The first kappa shape index (κ1) is 45.9. The number of rotatable bonds is 10. The smallest absolute Gasteiger partial charge is 0.350 e. The van der Waals surface area contributed by atoms with Crippen molar-refractivity contribution < 1.29 is 37.3 Å². The van der Waals surface area contributed by atoms with Gasteiger partial charge in [-0.05, 0) is 62.2 Å². The number of nitrogens with zero attached hydrogens (tertiary/aromatic N) is 7. The number of terminal acetylenes is 1. The number of benzene rings is 3. The number of aliphatic carboxylic acids is 1. The summed E-state index contributed by atoms with van der Waals surface area (Å²) in [4.78, 5) is 50.1. The molecule has 1 aliphatic heterocycles. The van der Waals surface area contributed by atoms with Crippen LogP contribution in [0.25, 0.3) is 16.6 Å². The summed E-state index contributed by atoms with van der Waals surface area (Å²) in [5.74, 6) is 3.04. The van der Waals surface area contributed by atoms with Crippen LogP contribution in [0.2, 0.25) is 20.1 Å². The highest BCUT2D eigenvalue weighted by Crippen LogP contribution is 2.33. The molecule has 1 aliphatic rings. The number of methoxy groups -OCH3 is 1. The van der Waals surface area contributed by atoms with Gasteiger partial charge in [-0.2, -0.15) is 19.6 Å². The van der Waals surface area contributed by atoms with E-state index in [1.807, 2.05) is 4.72 Å². The van der Waals surface area contributed by atoms with Crippen molar-refractivity contribution in [3.63, 3.8) is 0 Å². The maximum atomic E-state index is 12.5. The number of anilines is 1. The summed E-state index contributed by atoms with van der Waals surface area (Å²) in [5.41, 5.74) is 0.795. The first-order valence-corrected chi connectivity index (χ1v) is 20.6. The van der Waals surface area contributed by atoms with Crippen molar-refractivity contribution in [1.29, 1.82) is 0 Å². The van der Waals surface area contributed by atoms with Gasteiger partial charge < -0.3 is 19.3 Å². The predicted molar refractivity (Wildman–Crippen MR) is 227 cm³/mol. The van der Waals surface area contributed by atoms with Crippen LogP contribution in [0.4, 0.5) is 10.7 Å². The fourth-order valence-electron chi connectivity index (χ4n) is 5.41. The number of amides is 2. The summed E-state index contributed by atoms with van der Waals surface area (Å²) in [5, 5.41) is 17.1. The second-order valence-electron chi connectivity index (χ2n) is 12.3. The lowest BCUT2D eigenvalue weighted by molar-refractivity contribution is -0.139. The number of carbonyl (C=O) groups is 2. The van der Waals surface area contributed by atoms with Crippen LogP contribution in [0.15, 0.2) is 76.6 Å². The lowest BCUT2D eigenvalue weighted by Gasteiger charge is -2.09. The van der Waals surface area contributed by atoms with Crippen LogP contribution in [-0.2, 0) is 27.8 Å². The number of carbonyl (C=O) groups excluding carboxylic acids is 1. The molecule has 0 spiro atoms. The quantitative estimate of drug-likeness (QED) is 0.126. The van der Waals surface area contributed by atoms with Gasteiger partial charge >= 0.3 is 23.7 Å². The van der Waals surface area contributed by atoms with Crippen LogP contribution >= 0.6 is 46.4 Å². The molecule has 3 N–H and O–H groups in total. The van der Waals surface area contributed by atoms with Crippen LogP contribution in [0.1, 0.15) is 24.5 Å². The van der Waals surface area contributed by atoms with Gasteiger partial charge in [0.15, 0.2) is 6.61 Å². The number of aromatic nitrogens is 7. The standard InChI is InChI=1S/C15H13Cl2N3O2.C12H12ClN5O4S.C11H8ClNO3/c1-2-7-22-13-9-12(10(16)8-11(13)17)20-15(21)19-6-4-3-5-14(19)18-20;1-7-14-10(17-12(15-7)22-2)16-11(19)18-23(20,21)9-6-4-3-5-8(9)13;12-8-3-4-9(16-6-10(14)15)11-7(8)2-1-5-13-11/h1,8-9H,3-7H2;3-6H,1-2H3,(H2,14,15,16,17,18,19);1-5H,6H2,(H,14,15). The Labute approximate surface area is 367 Å². The highest BCUT2D eigenvalue weighted by atomic mass is 35.5. The highest BCUT2D eigenvalue weighted by molar-refractivity contribution is 7.90. The van der Waals surface area contributed by atoms with Crippen LogP contribution < -0.4 is 29.9 Å². The molecule has 23 heteroatoms. The molecule has 61 heavy (non-hydrogen) atoms. The number of pyridine rings is 1. The average molecular weight is 934 g/mol. The van der Waals surface area contributed by atoms with Gasteiger partial charge in [0, 0.05) is 30.6 Å². The zero-order valence-corrected chi connectivity index (χ0v) is 35.8. The summed E-state index contributed by atoms with van der Waals surface area (Å²) in [7, 11) is -2.78. The van der Waals surface area contributed by atoms with Gasteiger partial charge in [-0.3, -0.25) is 14.9 Å². The monoisotopic (exact) mass is 931 g/mol. The Morgan fingerprint density at radius 3 is 2.41 bits per heavy atom. The SMILES string of the molecule is C#CCOc1cc(-n2nc3n(c2=O)CCCC3)c(Cl)cc1Cl.COc1nc(C)nc(NC(=O)NS(=O)(=O)c2ccccc2Cl)n1.O=C(O)COc1ccc(Cl)c2cccnc12. The summed E-state index contributed by atoms with van der Waals surface area (Å²) >= 11 is 24.1. The number of carboxylic acid groups (broad SMARTS) is 1. The number of nitrogens with one attached hydrogen (secondary N) is 2. The van der Waals surface area contributed by atoms with Gasteiger partial charge in [-0.25, -0.2) is 27.5 Å². The van der Waals surface area contributed by atoms with Crippen molar-refractivity contribution in [3.8, 4) is 35.5 Å². The Hall–Kier alpha value is -6.17. The number of sulfonamides is 1. The fraction of sp³-hybridized carbons (Fsp3) is 0.211. The lowest BCUT2D eigenvalue weighted by Crippen LogP contribution is -2.35. The first-order chi connectivity index (χ1) is 29.1. The minimum Gasteiger partial charge on any atom is -0.480 e. The number of fused-ring (bicyclic) bond motifs is 2. The van der Waals surface area contributed by atoms with E-state index in [1.54, 1.807) is 54.1 Å². The summed E-state index contributed by atoms with van der Waals surface area (Å²) in [6.07, 6.45) is 9.57. The number of urea groups is 1. The predicted octanol–water partition coefficient (Wildman–Crippen LogP) is 6.39. The molecule has 0 unspecified atom stereocenters. The lowest BCUT2D eigenvalue weighted by atomic mass is 10.2. The molecular formula is C38H33Cl4N9O9S. The highest BCUT2D eigenvalue weighted by Gasteiger charge is 2.22. The number of hydrogen-bond donors (Lipinski definition) is 3. The summed E-state index contributed by atoms with van der Waals surface area (Å²) in [6.45, 7) is 1.93. The molecular weight excluding hydrogens is 900 g/mol. The minimum absolute atomic E-state index is 0.00882. The van der Waals surface area contributed by atoms with E-state index in [0.717, 1.165) is 30.5 Å². The van der Waals surface area contributed by atoms with E-state index < -0.39 is 28.6 Å². The summed E-state index contributed by atoms with van der Waals surface area (Å²) in [6, 6.07) is 14.6. The van der Waals surface area contributed by atoms with Gasteiger partial charge in [-0.15, -0.1) is 11.5 Å². The third-order valence-electron chi connectivity index (χ3n) is 8.03. The van der Waals surface area contributed by atoms with Crippen molar-refractivity contribution in [2.24, 2.45) is 0 Å². The number of aryl methyl sites for hydroxylation is 2. The second-order valence-corrected chi connectivity index (χ2v) is 15.5. The molecule has 0 atom stereocenters. The van der Waals surface area contributed by atoms with Gasteiger partial charge in [0.25, 0.3) is 10.0 Å². The van der Waals surface area contributed by atoms with E-state index in [9.17, 15) is 22.8 Å². The molecule has 18 nitrogen and oxygen atoms in total. The maximum absolute atomic E-state index is 12.5. The third-order valence-corrected chi connectivity index (χ3v) is 10.8. The Morgan fingerprint density at radius 2 is 1.70 bits per heavy atom. The molecule has 0 saturated carbocycles. The van der Waals surface area contributed by atoms with Crippen molar-refractivity contribution in [1.82, 2.24) is 39.0 Å². The Morgan fingerprint density at radius 1 is 0.934 bits per heavy atom. The van der Waals surface area contributed by atoms with Crippen molar-refractivity contribution in [3.05, 3.63) is 109 Å². The van der Waals surface area contributed by atoms with Crippen LogP contribution in [-0.4, -0.2) is 80.1 Å². The van der Waals surface area contributed by atoms with Gasteiger partial charge in [0.05, 0.1) is 32.9 Å². The third kappa shape index (κ3) is 12.0. The molecule has 0 fully saturated rings. The number of carboxylic acids is 1. The molecule has 3 aromatic heterocycles. The molecule has 318 valence electrons. The Bertz CT molecular complexity index is 2800. The van der Waals surface area contributed by atoms with Gasteiger partial charge in [-0.1, -0.05) is 64.5 Å². The molecule has 6 aromatic rings. The first-order valence-electron chi connectivity index (χ1n) is 17.6. The summed E-state index contributed by atoms with van der Waals surface area (Å²) < 4.78 is 44.3. The van der Waals surface area contributed by atoms with E-state index in [4.69, 9.17) is 72.1 Å². The molecule has 3 aromatic carbocycles.